The molecule has 16 heavy (non-hydrogen) atoms. The average molecular weight is 223 g/mol. The van der Waals surface area contributed by atoms with Gasteiger partial charge in [0.2, 0.25) is 0 Å². The zero-order valence-corrected chi connectivity index (χ0v) is 9.39. The summed E-state index contributed by atoms with van der Waals surface area (Å²) in [6.07, 6.45) is 5.91. The average Bonchev–Trinajstić information content (AvgIpc) is 2.84. The number of amides is 1. The Labute approximate surface area is 94.5 Å². The second kappa shape index (κ2) is 4.65. The summed E-state index contributed by atoms with van der Waals surface area (Å²) < 4.78 is 1.74. The van der Waals surface area contributed by atoms with Gasteiger partial charge in [-0.25, -0.2) is 4.98 Å². The van der Waals surface area contributed by atoms with Gasteiger partial charge in [-0.2, -0.15) is 0 Å². The van der Waals surface area contributed by atoms with Crippen LogP contribution in [0.15, 0.2) is 12.5 Å². The summed E-state index contributed by atoms with van der Waals surface area (Å²) in [5.74, 6) is 0.0346. The van der Waals surface area contributed by atoms with Gasteiger partial charge in [0.15, 0.2) is 0 Å². The predicted octanol–water partition coefficient (Wildman–Crippen LogP) is 0.311. The van der Waals surface area contributed by atoms with Gasteiger partial charge < -0.3 is 15.0 Å². The molecule has 2 unspecified atom stereocenters. The number of nitrogens with zero attached hydrogens (tertiary/aromatic N) is 2. The van der Waals surface area contributed by atoms with Crippen molar-refractivity contribution in [3.63, 3.8) is 0 Å². The lowest BCUT2D eigenvalue weighted by Crippen LogP contribution is -2.32. The highest BCUT2D eigenvalue weighted by molar-refractivity contribution is 5.91. The quantitative estimate of drug-likeness (QED) is 0.775. The highest BCUT2D eigenvalue weighted by atomic mass is 16.3. The van der Waals surface area contributed by atoms with Crippen LogP contribution >= 0.6 is 0 Å². The number of carbonyl (C=O) groups excluding carboxylic acids is 1. The van der Waals surface area contributed by atoms with Crippen molar-refractivity contribution in [1.82, 2.24) is 14.9 Å². The van der Waals surface area contributed by atoms with Gasteiger partial charge in [-0.1, -0.05) is 6.42 Å². The van der Waals surface area contributed by atoms with E-state index in [4.69, 9.17) is 0 Å². The molecule has 2 rings (SSSR count). The van der Waals surface area contributed by atoms with Gasteiger partial charge in [0.25, 0.3) is 5.91 Å². The molecule has 1 amide bonds. The molecule has 1 aliphatic carbocycles. The number of rotatable bonds is 3. The molecule has 0 saturated heterocycles. The van der Waals surface area contributed by atoms with E-state index in [1.54, 1.807) is 17.1 Å². The monoisotopic (exact) mass is 223 g/mol. The number of aliphatic hydroxyl groups is 1. The number of aryl methyl sites for hydroxylation is 1. The summed E-state index contributed by atoms with van der Waals surface area (Å²) >= 11 is 0. The standard InChI is InChI=1S/C11H17N3O2/c1-14-6-9(13-7-14)11(16)12-5-8-3-2-4-10(8)15/h6-8,10,15H,2-5H2,1H3,(H,12,16). The van der Waals surface area contributed by atoms with E-state index in [9.17, 15) is 9.90 Å². The molecule has 5 nitrogen and oxygen atoms in total. The summed E-state index contributed by atoms with van der Waals surface area (Å²) in [7, 11) is 1.82. The predicted molar refractivity (Wildman–Crippen MR) is 58.9 cm³/mol. The third kappa shape index (κ3) is 2.41. The fourth-order valence-corrected chi connectivity index (χ4v) is 2.10. The molecule has 1 heterocycles. The van der Waals surface area contributed by atoms with Crippen LogP contribution in [0.1, 0.15) is 29.8 Å². The molecule has 1 aromatic heterocycles. The maximum Gasteiger partial charge on any atom is 0.271 e. The topological polar surface area (TPSA) is 67.2 Å². The van der Waals surface area contributed by atoms with Crippen LogP contribution in [0.4, 0.5) is 0 Å². The lowest BCUT2D eigenvalue weighted by atomic mass is 10.1. The first-order valence-electron chi connectivity index (χ1n) is 5.61. The molecule has 1 saturated carbocycles. The van der Waals surface area contributed by atoms with E-state index in [2.05, 4.69) is 10.3 Å². The minimum absolute atomic E-state index is 0.167. The van der Waals surface area contributed by atoms with Crippen LogP contribution < -0.4 is 5.32 Å². The van der Waals surface area contributed by atoms with Crippen LogP contribution in [-0.2, 0) is 7.05 Å². The summed E-state index contributed by atoms with van der Waals surface area (Å²) in [5, 5.41) is 12.4. The molecule has 0 aliphatic heterocycles. The van der Waals surface area contributed by atoms with E-state index >= 15 is 0 Å². The smallest absolute Gasteiger partial charge is 0.271 e. The third-order valence-corrected chi connectivity index (χ3v) is 3.08. The van der Waals surface area contributed by atoms with E-state index in [1.807, 2.05) is 7.05 Å². The number of hydrogen-bond donors (Lipinski definition) is 2. The summed E-state index contributed by atoms with van der Waals surface area (Å²) in [6, 6.07) is 0. The summed E-state index contributed by atoms with van der Waals surface area (Å²) in [6.45, 7) is 0.538. The van der Waals surface area contributed by atoms with Crippen molar-refractivity contribution >= 4 is 5.91 Å². The fraction of sp³-hybridized carbons (Fsp3) is 0.636. The molecule has 2 atom stereocenters. The van der Waals surface area contributed by atoms with Gasteiger partial charge in [-0.15, -0.1) is 0 Å². The molecule has 1 aliphatic rings. The Morgan fingerprint density at radius 2 is 2.50 bits per heavy atom. The largest absolute Gasteiger partial charge is 0.393 e. The van der Waals surface area contributed by atoms with Crippen molar-refractivity contribution in [3.8, 4) is 0 Å². The first-order valence-corrected chi connectivity index (χ1v) is 5.61. The molecule has 2 N–H and O–H groups in total. The van der Waals surface area contributed by atoms with Crippen LogP contribution in [-0.4, -0.2) is 33.2 Å². The van der Waals surface area contributed by atoms with Gasteiger partial charge >= 0.3 is 0 Å². The Morgan fingerprint density at radius 3 is 3.06 bits per heavy atom. The Balaban J connectivity index is 1.84. The van der Waals surface area contributed by atoms with Crippen LogP contribution in [0.25, 0.3) is 0 Å². The minimum atomic E-state index is -0.260. The van der Waals surface area contributed by atoms with Crippen LogP contribution in [0.5, 0.6) is 0 Å². The van der Waals surface area contributed by atoms with Gasteiger partial charge in [0.05, 0.1) is 12.4 Å². The minimum Gasteiger partial charge on any atom is -0.393 e. The molecule has 0 aromatic carbocycles. The van der Waals surface area contributed by atoms with E-state index in [0.717, 1.165) is 19.3 Å². The number of nitrogens with one attached hydrogen (secondary N) is 1. The Morgan fingerprint density at radius 1 is 1.69 bits per heavy atom. The molecule has 0 radical (unpaired) electrons. The molecule has 0 bridgehead atoms. The van der Waals surface area contributed by atoms with Crippen molar-refractivity contribution in [3.05, 3.63) is 18.2 Å². The molecule has 1 aromatic rings. The van der Waals surface area contributed by atoms with Crippen molar-refractivity contribution in [2.45, 2.75) is 25.4 Å². The zero-order chi connectivity index (χ0) is 11.5. The highest BCUT2D eigenvalue weighted by Gasteiger charge is 2.25. The summed E-state index contributed by atoms with van der Waals surface area (Å²) in [4.78, 5) is 15.6. The van der Waals surface area contributed by atoms with E-state index in [0.29, 0.717) is 12.2 Å². The molecule has 88 valence electrons. The molecule has 5 heteroatoms. The molecular weight excluding hydrogens is 206 g/mol. The van der Waals surface area contributed by atoms with Gasteiger partial charge in [0, 0.05) is 25.7 Å². The van der Waals surface area contributed by atoms with Gasteiger partial charge in [-0.05, 0) is 12.8 Å². The van der Waals surface area contributed by atoms with E-state index in [-0.39, 0.29) is 17.9 Å². The number of imidazole rings is 1. The lowest BCUT2D eigenvalue weighted by Gasteiger charge is -2.14. The molecule has 1 fully saturated rings. The van der Waals surface area contributed by atoms with Crippen LogP contribution in [0.2, 0.25) is 0 Å². The van der Waals surface area contributed by atoms with Crippen LogP contribution in [0.3, 0.4) is 0 Å². The number of aliphatic hydroxyl groups excluding tert-OH is 1. The Bertz CT molecular complexity index is 375. The second-order valence-corrected chi connectivity index (χ2v) is 4.39. The Kier molecular flexibility index (Phi) is 3.24. The fourth-order valence-electron chi connectivity index (χ4n) is 2.10. The number of aromatic nitrogens is 2. The molecule has 0 spiro atoms. The Hall–Kier alpha value is -1.36. The normalized spacial score (nSPS) is 24.6. The first-order chi connectivity index (χ1) is 7.66. The van der Waals surface area contributed by atoms with E-state index in [1.165, 1.54) is 0 Å². The van der Waals surface area contributed by atoms with Crippen molar-refractivity contribution in [1.29, 1.82) is 0 Å². The number of carbonyl (C=O) groups is 1. The zero-order valence-electron chi connectivity index (χ0n) is 9.39. The first kappa shape index (κ1) is 11.1. The van der Waals surface area contributed by atoms with Crippen molar-refractivity contribution < 1.29 is 9.90 Å². The van der Waals surface area contributed by atoms with Crippen molar-refractivity contribution in [2.24, 2.45) is 13.0 Å². The second-order valence-electron chi connectivity index (χ2n) is 4.39. The third-order valence-electron chi connectivity index (χ3n) is 3.08. The number of hydrogen-bond acceptors (Lipinski definition) is 3. The van der Waals surface area contributed by atoms with Crippen LogP contribution in [0, 0.1) is 5.92 Å². The van der Waals surface area contributed by atoms with E-state index < -0.39 is 0 Å². The van der Waals surface area contributed by atoms with Gasteiger partial charge in [-0.3, -0.25) is 4.79 Å². The highest BCUT2D eigenvalue weighted by Crippen LogP contribution is 2.24. The molecular formula is C11H17N3O2. The van der Waals surface area contributed by atoms with Gasteiger partial charge in [0.1, 0.15) is 5.69 Å². The summed E-state index contributed by atoms with van der Waals surface area (Å²) in [5.41, 5.74) is 0.426. The lowest BCUT2D eigenvalue weighted by molar-refractivity contribution is 0.0912. The van der Waals surface area contributed by atoms with Crippen molar-refractivity contribution in [2.75, 3.05) is 6.54 Å². The SMILES string of the molecule is Cn1cnc(C(=O)NCC2CCCC2O)c1. The maximum atomic E-state index is 11.7. The maximum absolute atomic E-state index is 11.7.